The van der Waals surface area contributed by atoms with E-state index in [0.29, 0.717) is 11.7 Å². The minimum atomic E-state index is -0.223. The van der Waals surface area contributed by atoms with Gasteiger partial charge in [0.1, 0.15) is 0 Å². The van der Waals surface area contributed by atoms with E-state index in [4.69, 9.17) is 0 Å². The van der Waals surface area contributed by atoms with E-state index >= 15 is 0 Å². The predicted octanol–water partition coefficient (Wildman–Crippen LogP) is 2.43. The van der Waals surface area contributed by atoms with E-state index < -0.39 is 0 Å². The first kappa shape index (κ1) is 19.1. The Morgan fingerprint density at radius 2 is 1.88 bits per heavy atom. The van der Waals surface area contributed by atoms with Gasteiger partial charge in [-0.05, 0) is 26.7 Å². The Morgan fingerprint density at radius 3 is 2.58 bits per heavy atom. The number of hydrogen-bond acceptors (Lipinski definition) is 5. The molecule has 2 N–H and O–H groups in total. The molecule has 0 spiro atoms. The van der Waals surface area contributed by atoms with Crippen molar-refractivity contribution in [3.8, 4) is 0 Å². The number of rotatable bonds is 4. The lowest BCUT2D eigenvalue weighted by Gasteiger charge is -2.28. The van der Waals surface area contributed by atoms with Crippen LogP contribution in [0.4, 0.5) is 9.93 Å². The number of likely N-dealkylation sites (tertiary alicyclic amines) is 1. The summed E-state index contributed by atoms with van der Waals surface area (Å²) in [6.07, 6.45) is 5.54. The minimum absolute atomic E-state index is 0.0880. The second-order valence-corrected chi connectivity index (χ2v) is 8.48. The van der Waals surface area contributed by atoms with Crippen molar-refractivity contribution < 1.29 is 9.59 Å². The molecule has 8 heteroatoms. The van der Waals surface area contributed by atoms with Gasteiger partial charge in [0.15, 0.2) is 5.13 Å². The van der Waals surface area contributed by atoms with Gasteiger partial charge < -0.3 is 10.2 Å². The third kappa shape index (κ3) is 5.17. The van der Waals surface area contributed by atoms with Crippen LogP contribution in [0.2, 0.25) is 0 Å². The zero-order valence-corrected chi connectivity index (χ0v) is 16.5. The highest BCUT2D eigenvalue weighted by molar-refractivity contribution is 7.15. The fraction of sp³-hybridized carbons (Fsp3) is 0.722. The molecule has 0 saturated carbocycles. The molecule has 0 atom stereocenters. The molecule has 2 aliphatic heterocycles. The van der Waals surface area contributed by atoms with Crippen LogP contribution in [-0.4, -0.2) is 58.9 Å². The molecule has 1 aromatic rings. The number of thiazole rings is 1. The Hall–Kier alpha value is -1.67. The van der Waals surface area contributed by atoms with E-state index in [-0.39, 0.29) is 18.0 Å². The van der Waals surface area contributed by atoms with E-state index in [0.717, 1.165) is 56.0 Å². The van der Waals surface area contributed by atoms with Crippen LogP contribution in [0.3, 0.4) is 0 Å². The standard InChI is InChI=1S/C18H29N5O2S/c1-13(2)19-17(25)21-18-20-14-7-10-22(11-15(14)26-18)12-16(24)23-8-5-3-4-6-9-23/h13H,3-12H2,1-2H3,(H2,19,20,21,25). The lowest BCUT2D eigenvalue weighted by molar-refractivity contribution is -0.132. The number of carbonyl (C=O) groups excluding carboxylic acids is 2. The van der Waals surface area contributed by atoms with Gasteiger partial charge in [-0.2, -0.15) is 0 Å². The minimum Gasteiger partial charge on any atom is -0.342 e. The monoisotopic (exact) mass is 379 g/mol. The zero-order valence-electron chi connectivity index (χ0n) is 15.7. The molecule has 1 fully saturated rings. The molecule has 1 saturated heterocycles. The summed E-state index contributed by atoms with van der Waals surface area (Å²) in [5.41, 5.74) is 1.05. The molecule has 3 amide bonds. The van der Waals surface area contributed by atoms with Crippen LogP contribution < -0.4 is 10.6 Å². The van der Waals surface area contributed by atoms with Crippen LogP contribution in [0.25, 0.3) is 0 Å². The van der Waals surface area contributed by atoms with Crippen molar-refractivity contribution in [1.82, 2.24) is 20.1 Å². The summed E-state index contributed by atoms with van der Waals surface area (Å²) in [4.78, 5) is 34.3. The van der Waals surface area contributed by atoms with Crippen molar-refractivity contribution in [2.75, 3.05) is 31.5 Å². The normalized spacial score (nSPS) is 18.3. The number of urea groups is 1. The molecular formula is C18H29N5O2S. The van der Waals surface area contributed by atoms with Crippen molar-refractivity contribution in [3.05, 3.63) is 10.6 Å². The fourth-order valence-corrected chi connectivity index (χ4v) is 4.49. The van der Waals surface area contributed by atoms with Crippen molar-refractivity contribution in [1.29, 1.82) is 0 Å². The average Bonchev–Trinajstić information content (AvgIpc) is 2.79. The van der Waals surface area contributed by atoms with Crippen molar-refractivity contribution in [3.63, 3.8) is 0 Å². The lowest BCUT2D eigenvalue weighted by Crippen LogP contribution is -2.42. The quantitative estimate of drug-likeness (QED) is 0.842. The number of fused-ring (bicyclic) bond motifs is 1. The molecule has 0 aliphatic carbocycles. The largest absolute Gasteiger partial charge is 0.342 e. The second-order valence-electron chi connectivity index (χ2n) is 7.40. The van der Waals surface area contributed by atoms with E-state index in [9.17, 15) is 9.59 Å². The maximum atomic E-state index is 12.6. The maximum Gasteiger partial charge on any atom is 0.321 e. The van der Waals surface area contributed by atoms with Gasteiger partial charge in [-0.25, -0.2) is 9.78 Å². The third-order valence-corrected chi connectivity index (χ3v) is 5.77. The van der Waals surface area contributed by atoms with Crippen molar-refractivity contribution in [2.45, 2.75) is 58.5 Å². The number of carbonyl (C=O) groups is 2. The van der Waals surface area contributed by atoms with Gasteiger partial charge in [0.2, 0.25) is 5.91 Å². The highest BCUT2D eigenvalue weighted by atomic mass is 32.1. The van der Waals surface area contributed by atoms with Gasteiger partial charge >= 0.3 is 6.03 Å². The molecular weight excluding hydrogens is 350 g/mol. The Balaban J connectivity index is 1.54. The zero-order chi connectivity index (χ0) is 18.5. The number of nitrogens with zero attached hydrogens (tertiary/aromatic N) is 3. The number of hydrogen-bond donors (Lipinski definition) is 2. The number of anilines is 1. The van der Waals surface area contributed by atoms with E-state index in [1.807, 2.05) is 18.7 Å². The topological polar surface area (TPSA) is 77.6 Å². The molecule has 1 aromatic heterocycles. The number of amides is 3. The van der Waals surface area contributed by atoms with Crippen LogP contribution in [0, 0.1) is 0 Å². The summed E-state index contributed by atoms with van der Waals surface area (Å²) in [5.74, 6) is 0.245. The van der Waals surface area contributed by atoms with Gasteiger partial charge in [0, 0.05) is 43.5 Å². The third-order valence-electron chi connectivity index (χ3n) is 4.77. The average molecular weight is 380 g/mol. The Bertz CT molecular complexity index is 638. The van der Waals surface area contributed by atoms with Crippen molar-refractivity contribution in [2.24, 2.45) is 0 Å². The van der Waals surface area contributed by atoms with Gasteiger partial charge in [-0.3, -0.25) is 15.0 Å². The molecule has 7 nitrogen and oxygen atoms in total. The summed E-state index contributed by atoms with van der Waals surface area (Å²) in [7, 11) is 0. The first-order valence-electron chi connectivity index (χ1n) is 9.57. The van der Waals surface area contributed by atoms with Crippen LogP contribution in [0.15, 0.2) is 0 Å². The molecule has 144 valence electrons. The van der Waals surface area contributed by atoms with Crippen LogP contribution in [0.5, 0.6) is 0 Å². The molecule has 0 unspecified atom stereocenters. The molecule has 0 radical (unpaired) electrons. The summed E-state index contributed by atoms with van der Waals surface area (Å²) >= 11 is 1.51. The Morgan fingerprint density at radius 1 is 1.15 bits per heavy atom. The summed E-state index contributed by atoms with van der Waals surface area (Å²) in [6.45, 7) is 7.70. The number of aromatic nitrogens is 1. The summed E-state index contributed by atoms with van der Waals surface area (Å²) < 4.78 is 0. The van der Waals surface area contributed by atoms with E-state index in [1.165, 1.54) is 24.2 Å². The molecule has 26 heavy (non-hydrogen) atoms. The van der Waals surface area contributed by atoms with Gasteiger partial charge in [-0.15, -0.1) is 11.3 Å². The first-order chi connectivity index (χ1) is 12.5. The number of nitrogens with one attached hydrogen (secondary N) is 2. The Kier molecular flexibility index (Phi) is 6.48. The van der Waals surface area contributed by atoms with Gasteiger partial charge in [0.25, 0.3) is 0 Å². The fourth-order valence-electron chi connectivity index (χ4n) is 3.44. The Labute approximate surface area is 159 Å². The lowest BCUT2D eigenvalue weighted by atomic mass is 10.2. The maximum absolute atomic E-state index is 12.6. The molecule has 0 aromatic carbocycles. The smallest absolute Gasteiger partial charge is 0.321 e. The van der Waals surface area contributed by atoms with E-state index in [2.05, 4.69) is 20.5 Å². The SMILES string of the molecule is CC(C)NC(=O)Nc1nc2c(s1)CN(CC(=O)N1CCCCCC1)CC2. The molecule has 3 rings (SSSR count). The van der Waals surface area contributed by atoms with Gasteiger partial charge in [-0.1, -0.05) is 12.8 Å². The summed E-state index contributed by atoms with van der Waals surface area (Å²) in [6, 6.07) is -0.135. The van der Waals surface area contributed by atoms with Crippen LogP contribution >= 0.6 is 11.3 Å². The molecule has 3 heterocycles. The second kappa shape index (κ2) is 8.81. The van der Waals surface area contributed by atoms with Crippen LogP contribution in [-0.2, 0) is 17.8 Å². The first-order valence-corrected chi connectivity index (χ1v) is 10.4. The molecule has 2 aliphatic rings. The van der Waals surface area contributed by atoms with Crippen LogP contribution in [0.1, 0.15) is 50.1 Å². The van der Waals surface area contributed by atoms with Gasteiger partial charge in [0.05, 0.1) is 12.2 Å². The highest BCUT2D eigenvalue weighted by Crippen LogP contribution is 2.28. The summed E-state index contributed by atoms with van der Waals surface area (Å²) in [5, 5.41) is 6.25. The highest BCUT2D eigenvalue weighted by Gasteiger charge is 2.25. The molecule has 0 bridgehead atoms. The van der Waals surface area contributed by atoms with Crippen molar-refractivity contribution >= 4 is 28.4 Å². The predicted molar refractivity (Wildman–Crippen MR) is 103 cm³/mol. The van der Waals surface area contributed by atoms with E-state index in [1.54, 1.807) is 0 Å².